The lowest BCUT2D eigenvalue weighted by Gasteiger charge is -2.08. The maximum Gasteiger partial charge on any atom is 0.374 e. The fourth-order valence-electron chi connectivity index (χ4n) is 1.67. The van der Waals surface area contributed by atoms with Gasteiger partial charge in [0, 0.05) is 5.56 Å². The fraction of sp³-hybridized carbons (Fsp3) is 0.143. The van der Waals surface area contributed by atoms with E-state index in [2.05, 4.69) is 4.74 Å². The first-order chi connectivity index (χ1) is 9.63. The zero-order valence-electron chi connectivity index (χ0n) is 10.8. The Hall–Kier alpha value is -2.76. The van der Waals surface area contributed by atoms with Gasteiger partial charge >= 0.3 is 5.97 Å². The van der Waals surface area contributed by atoms with Crippen molar-refractivity contribution in [1.82, 2.24) is 0 Å². The number of methoxy groups -OCH3 is 1. The quantitative estimate of drug-likeness (QED) is 0.839. The molecule has 1 aromatic heterocycles. The highest BCUT2D eigenvalue weighted by atomic mass is 16.5. The summed E-state index contributed by atoms with van der Waals surface area (Å²) in [6.45, 7) is 0.0607. The zero-order valence-corrected chi connectivity index (χ0v) is 10.8. The summed E-state index contributed by atoms with van der Waals surface area (Å²) in [6, 6.07) is 8.19. The molecule has 0 saturated carbocycles. The Bertz CT molecular complexity index is 632. The molecule has 0 bridgehead atoms. The van der Waals surface area contributed by atoms with Crippen molar-refractivity contribution in [2.45, 2.75) is 6.61 Å². The van der Waals surface area contributed by atoms with Crippen LogP contribution < -0.4 is 10.5 Å². The topological polar surface area (TPSA) is 91.8 Å². The van der Waals surface area contributed by atoms with Crippen LogP contribution in [-0.2, 0) is 11.3 Å². The molecule has 0 spiro atoms. The van der Waals surface area contributed by atoms with Gasteiger partial charge in [-0.1, -0.05) is 12.1 Å². The Balaban J connectivity index is 2.16. The number of carbonyl (C=O) groups is 2. The SMILES string of the molecule is COC(=O)c1occc1COc1ccccc1C(N)=O. The van der Waals surface area contributed by atoms with Crippen molar-refractivity contribution in [3.05, 3.63) is 53.5 Å². The van der Waals surface area contributed by atoms with Gasteiger partial charge in [-0.25, -0.2) is 4.79 Å². The van der Waals surface area contributed by atoms with E-state index in [9.17, 15) is 9.59 Å². The van der Waals surface area contributed by atoms with Gasteiger partial charge in [0.1, 0.15) is 12.4 Å². The molecule has 2 aromatic rings. The standard InChI is InChI=1S/C14H13NO5/c1-18-14(17)12-9(6-7-19-12)8-20-11-5-3-2-4-10(11)13(15)16/h2-7H,8H2,1H3,(H2,15,16). The van der Waals surface area contributed by atoms with Gasteiger partial charge in [0.05, 0.1) is 18.9 Å². The molecule has 20 heavy (non-hydrogen) atoms. The summed E-state index contributed by atoms with van der Waals surface area (Å²) >= 11 is 0. The van der Waals surface area contributed by atoms with Crippen LogP contribution in [0, 0.1) is 0 Å². The van der Waals surface area contributed by atoms with Crippen LogP contribution >= 0.6 is 0 Å². The molecule has 6 nitrogen and oxygen atoms in total. The number of nitrogens with two attached hydrogens (primary N) is 1. The van der Waals surface area contributed by atoms with E-state index in [0.29, 0.717) is 11.3 Å². The third-order valence-electron chi connectivity index (χ3n) is 2.65. The third kappa shape index (κ3) is 2.80. The van der Waals surface area contributed by atoms with Gasteiger partial charge in [-0.3, -0.25) is 4.79 Å². The molecule has 0 aliphatic rings. The lowest BCUT2D eigenvalue weighted by atomic mass is 10.2. The molecule has 1 heterocycles. The zero-order chi connectivity index (χ0) is 14.5. The van der Waals surface area contributed by atoms with Crippen LogP contribution in [-0.4, -0.2) is 19.0 Å². The number of esters is 1. The molecule has 1 aromatic carbocycles. The lowest BCUT2D eigenvalue weighted by molar-refractivity contribution is 0.0561. The minimum atomic E-state index is -0.586. The Morgan fingerprint density at radius 1 is 1.25 bits per heavy atom. The van der Waals surface area contributed by atoms with E-state index in [4.69, 9.17) is 14.9 Å². The van der Waals surface area contributed by atoms with Gasteiger partial charge in [0.15, 0.2) is 0 Å². The van der Waals surface area contributed by atoms with Gasteiger partial charge in [0.25, 0.3) is 5.91 Å². The number of carbonyl (C=O) groups excluding carboxylic acids is 2. The van der Waals surface area contributed by atoms with Crippen molar-refractivity contribution >= 4 is 11.9 Å². The summed E-state index contributed by atoms with van der Waals surface area (Å²) in [7, 11) is 1.26. The summed E-state index contributed by atoms with van der Waals surface area (Å²) in [6.07, 6.45) is 1.37. The molecule has 2 N–H and O–H groups in total. The van der Waals surface area contributed by atoms with Crippen LogP contribution in [0.25, 0.3) is 0 Å². The van der Waals surface area contributed by atoms with Crippen LogP contribution in [0.15, 0.2) is 41.0 Å². The summed E-state index contributed by atoms with van der Waals surface area (Å²) in [5.41, 5.74) is 6.05. The molecule has 1 amide bonds. The maximum absolute atomic E-state index is 11.4. The normalized spacial score (nSPS) is 10.1. The van der Waals surface area contributed by atoms with E-state index < -0.39 is 11.9 Å². The number of amides is 1. The van der Waals surface area contributed by atoms with Crippen molar-refractivity contribution < 1.29 is 23.5 Å². The van der Waals surface area contributed by atoms with Crippen molar-refractivity contribution in [3.8, 4) is 5.75 Å². The maximum atomic E-state index is 11.4. The molecular weight excluding hydrogens is 262 g/mol. The van der Waals surface area contributed by atoms with Crippen molar-refractivity contribution in [2.24, 2.45) is 5.73 Å². The summed E-state index contributed by atoms with van der Waals surface area (Å²) in [4.78, 5) is 22.7. The minimum Gasteiger partial charge on any atom is -0.488 e. The second-order valence-corrected chi connectivity index (χ2v) is 3.92. The van der Waals surface area contributed by atoms with E-state index in [1.165, 1.54) is 13.4 Å². The van der Waals surface area contributed by atoms with E-state index in [1.54, 1.807) is 30.3 Å². The molecule has 6 heteroatoms. The predicted octanol–water partition coefficient (Wildman–Crippen LogP) is 1.74. The number of para-hydroxylation sites is 1. The number of hydrogen-bond acceptors (Lipinski definition) is 5. The van der Waals surface area contributed by atoms with Gasteiger partial charge in [-0.15, -0.1) is 0 Å². The average Bonchev–Trinajstić information content (AvgIpc) is 2.92. The molecule has 0 fully saturated rings. The second-order valence-electron chi connectivity index (χ2n) is 3.92. The van der Waals surface area contributed by atoms with Crippen molar-refractivity contribution in [1.29, 1.82) is 0 Å². The summed E-state index contributed by atoms with van der Waals surface area (Å²) in [5, 5.41) is 0. The highest BCUT2D eigenvalue weighted by Crippen LogP contribution is 2.20. The van der Waals surface area contributed by atoms with Gasteiger partial charge < -0.3 is 19.6 Å². The highest BCUT2D eigenvalue weighted by Gasteiger charge is 2.17. The number of benzene rings is 1. The summed E-state index contributed by atoms with van der Waals surface area (Å²) in [5.74, 6) is -0.751. The second kappa shape index (κ2) is 5.92. The first-order valence-electron chi connectivity index (χ1n) is 5.79. The Kier molecular flexibility index (Phi) is 4.05. The fourth-order valence-corrected chi connectivity index (χ4v) is 1.67. The van der Waals surface area contributed by atoms with Crippen LogP contribution in [0.1, 0.15) is 26.5 Å². The molecule has 0 aliphatic heterocycles. The number of rotatable bonds is 5. The molecule has 0 saturated heterocycles. The Morgan fingerprint density at radius 3 is 2.70 bits per heavy atom. The van der Waals surface area contributed by atoms with E-state index >= 15 is 0 Å². The number of hydrogen-bond donors (Lipinski definition) is 1. The molecular formula is C14H13NO5. The van der Waals surface area contributed by atoms with Crippen LogP contribution in [0.3, 0.4) is 0 Å². The number of primary amides is 1. The first kappa shape index (κ1) is 13.7. The van der Waals surface area contributed by atoms with Crippen molar-refractivity contribution in [2.75, 3.05) is 7.11 Å². The predicted molar refractivity (Wildman–Crippen MR) is 69.3 cm³/mol. The van der Waals surface area contributed by atoms with E-state index in [1.807, 2.05) is 0 Å². The van der Waals surface area contributed by atoms with Crippen LogP contribution in [0.4, 0.5) is 0 Å². The molecule has 104 valence electrons. The van der Waals surface area contributed by atoms with Gasteiger partial charge in [-0.2, -0.15) is 0 Å². The van der Waals surface area contributed by atoms with Crippen molar-refractivity contribution in [3.63, 3.8) is 0 Å². The number of ether oxygens (including phenoxy) is 2. The van der Waals surface area contributed by atoms with Gasteiger partial charge in [-0.05, 0) is 18.2 Å². The number of furan rings is 1. The smallest absolute Gasteiger partial charge is 0.374 e. The Labute approximate surface area is 115 Å². The van der Waals surface area contributed by atoms with E-state index in [0.717, 1.165) is 0 Å². The van der Waals surface area contributed by atoms with E-state index in [-0.39, 0.29) is 17.9 Å². The first-order valence-corrected chi connectivity index (χ1v) is 5.79. The monoisotopic (exact) mass is 275 g/mol. The molecule has 2 rings (SSSR count). The largest absolute Gasteiger partial charge is 0.488 e. The molecule has 0 aliphatic carbocycles. The molecule has 0 radical (unpaired) electrons. The van der Waals surface area contributed by atoms with Gasteiger partial charge in [0.2, 0.25) is 5.76 Å². The molecule has 0 atom stereocenters. The Morgan fingerprint density at radius 2 is 2.00 bits per heavy atom. The lowest BCUT2D eigenvalue weighted by Crippen LogP contribution is -2.13. The van der Waals surface area contributed by atoms with Crippen LogP contribution in [0.2, 0.25) is 0 Å². The third-order valence-corrected chi connectivity index (χ3v) is 2.65. The van der Waals surface area contributed by atoms with Crippen LogP contribution in [0.5, 0.6) is 5.75 Å². The summed E-state index contributed by atoms with van der Waals surface area (Å²) < 4.78 is 15.1. The minimum absolute atomic E-state index is 0.0607. The average molecular weight is 275 g/mol. The highest BCUT2D eigenvalue weighted by molar-refractivity contribution is 5.95. The molecule has 0 unspecified atom stereocenters.